The van der Waals surface area contributed by atoms with Gasteiger partial charge in [0.1, 0.15) is 10.1 Å². The van der Waals surface area contributed by atoms with Gasteiger partial charge in [0.25, 0.3) is 0 Å². The van der Waals surface area contributed by atoms with Crippen LogP contribution in [0.5, 0.6) is 0 Å². The largest absolute Gasteiger partial charge is 1.00 e. The number of hydrogen-bond acceptors (Lipinski definition) is 7. The van der Waals surface area contributed by atoms with Gasteiger partial charge < -0.3 is 9.11 Å². The molecular formula is C18H30Na2O7S2. The SMILES string of the molecule is CCCCCCCCCCCCOS(=O)(=O)[O-].O=S(=O)([O-])c1ccccc1.[Na+].[Na+]. The summed E-state index contributed by atoms with van der Waals surface area (Å²) in [7, 11) is -8.74. The molecular weight excluding hydrogens is 438 g/mol. The molecule has 0 aromatic heterocycles. The van der Waals surface area contributed by atoms with E-state index in [2.05, 4.69) is 11.1 Å². The van der Waals surface area contributed by atoms with Crippen LogP contribution in [0.4, 0.5) is 0 Å². The van der Waals surface area contributed by atoms with Crippen LogP contribution in [0.15, 0.2) is 35.2 Å². The predicted molar refractivity (Wildman–Crippen MR) is 102 cm³/mol. The average Bonchev–Trinajstić information content (AvgIpc) is 2.59. The monoisotopic (exact) mass is 468 g/mol. The second-order valence-corrected chi connectivity index (χ2v) is 8.61. The number of hydrogen-bond donors (Lipinski definition) is 0. The first-order valence-electron chi connectivity index (χ1n) is 9.28. The van der Waals surface area contributed by atoms with Gasteiger partial charge in [-0.25, -0.2) is 16.8 Å². The summed E-state index contributed by atoms with van der Waals surface area (Å²) in [5.74, 6) is 0. The first-order chi connectivity index (χ1) is 12.7. The van der Waals surface area contributed by atoms with Crippen LogP contribution in [0, 0.1) is 0 Å². The smallest absolute Gasteiger partial charge is 0.744 e. The van der Waals surface area contributed by atoms with Gasteiger partial charge in [0, 0.05) is 0 Å². The van der Waals surface area contributed by atoms with E-state index in [-0.39, 0.29) is 70.6 Å². The van der Waals surface area contributed by atoms with Crippen molar-refractivity contribution in [3.63, 3.8) is 0 Å². The molecule has 7 nitrogen and oxygen atoms in total. The number of rotatable bonds is 13. The van der Waals surface area contributed by atoms with E-state index in [0.717, 1.165) is 12.8 Å². The van der Waals surface area contributed by atoms with Crippen molar-refractivity contribution >= 4 is 20.5 Å². The summed E-state index contributed by atoms with van der Waals surface area (Å²) < 4.78 is 65.3. The van der Waals surface area contributed by atoms with Gasteiger partial charge in [0.05, 0.1) is 11.5 Å². The zero-order valence-electron chi connectivity index (χ0n) is 17.8. The maximum absolute atomic E-state index is 10.3. The van der Waals surface area contributed by atoms with Crippen molar-refractivity contribution in [3.05, 3.63) is 30.3 Å². The summed E-state index contributed by atoms with van der Waals surface area (Å²) in [4.78, 5) is -0.185. The van der Waals surface area contributed by atoms with E-state index in [9.17, 15) is 25.9 Å². The van der Waals surface area contributed by atoms with Crippen molar-refractivity contribution in [2.75, 3.05) is 6.61 Å². The Bertz CT molecular complexity index is 681. The predicted octanol–water partition coefficient (Wildman–Crippen LogP) is -2.02. The van der Waals surface area contributed by atoms with Crippen molar-refractivity contribution < 1.29 is 89.2 Å². The van der Waals surface area contributed by atoms with Gasteiger partial charge in [0.2, 0.25) is 10.4 Å². The Hall–Kier alpha value is 1.00. The zero-order valence-corrected chi connectivity index (χ0v) is 23.5. The summed E-state index contributed by atoms with van der Waals surface area (Å²) in [5.41, 5.74) is 0. The van der Waals surface area contributed by atoms with Crippen LogP contribution in [0.3, 0.4) is 0 Å². The second-order valence-electron chi connectivity index (χ2n) is 6.18. The summed E-state index contributed by atoms with van der Waals surface area (Å²) in [5, 5.41) is 0. The molecule has 0 aliphatic heterocycles. The molecule has 1 rings (SSSR count). The quantitative estimate of drug-likeness (QED) is 0.142. The van der Waals surface area contributed by atoms with Crippen LogP contribution in [0.1, 0.15) is 71.1 Å². The molecule has 0 amide bonds. The molecule has 0 aliphatic carbocycles. The van der Waals surface area contributed by atoms with Crippen LogP contribution in [-0.4, -0.2) is 32.5 Å². The van der Waals surface area contributed by atoms with Crippen LogP contribution < -0.4 is 59.1 Å². The van der Waals surface area contributed by atoms with E-state index in [1.54, 1.807) is 6.07 Å². The number of unbranched alkanes of at least 4 members (excludes halogenated alkanes) is 9. The summed E-state index contributed by atoms with van der Waals surface area (Å²) in [6, 6.07) is 7.19. The minimum Gasteiger partial charge on any atom is -0.744 e. The Morgan fingerprint density at radius 2 is 1.14 bits per heavy atom. The van der Waals surface area contributed by atoms with E-state index in [0.29, 0.717) is 6.42 Å². The molecule has 158 valence electrons. The van der Waals surface area contributed by atoms with Crippen molar-refractivity contribution in [2.24, 2.45) is 0 Å². The van der Waals surface area contributed by atoms with E-state index in [1.165, 1.54) is 69.2 Å². The van der Waals surface area contributed by atoms with E-state index >= 15 is 0 Å². The third-order valence-corrected chi connectivity index (χ3v) is 5.06. The molecule has 1 aromatic carbocycles. The maximum Gasteiger partial charge on any atom is 1.00 e. The first kappa shape index (κ1) is 34.6. The molecule has 0 aliphatic rings. The average molecular weight is 469 g/mol. The molecule has 0 saturated heterocycles. The van der Waals surface area contributed by atoms with Gasteiger partial charge in [-0.05, 0) is 18.6 Å². The van der Waals surface area contributed by atoms with Crippen LogP contribution in [0.2, 0.25) is 0 Å². The Labute approximate surface area is 220 Å². The minimum absolute atomic E-state index is 0. The normalized spacial score (nSPS) is 10.9. The fraction of sp³-hybridized carbons (Fsp3) is 0.667. The molecule has 0 fully saturated rings. The molecule has 11 heteroatoms. The first-order valence-corrected chi connectivity index (χ1v) is 12.0. The molecule has 29 heavy (non-hydrogen) atoms. The fourth-order valence-electron chi connectivity index (χ4n) is 2.34. The second kappa shape index (κ2) is 20.9. The molecule has 1 aromatic rings. The maximum atomic E-state index is 10.3. The van der Waals surface area contributed by atoms with E-state index in [1.807, 2.05) is 0 Å². The van der Waals surface area contributed by atoms with Gasteiger partial charge in [-0.15, -0.1) is 0 Å². The molecule has 0 bridgehead atoms. The zero-order chi connectivity index (χ0) is 20.6. The van der Waals surface area contributed by atoms with Crippen molar-refractivity contribution in [2.45, 2.75) is 76.0 Å². The standard InChI is InChI=1S/C12H26O4S.C6H6O3S.2Na/c1-2-3-4-5-6-7-8-9-10-11-12-16-17(13,14)15;7-10(8,9)6-4-2-1-3-5-6;;/h2-12H2,1H3,(H,13,14,15);1-5H,(H,7,8,9);;/q;;2*+1/p-2. The molecule has 0 saturated carbocycles. The van der Waals surface area contributed by atoms with E-state index in [4.69, 9.17) is 0 Å². The summed E-state index contributed by atoms with van der Waals surface area (Å²) >= 11 is 0. The van der Waals surface area contributed by atoms with Gasteiger partial charge in [-0.3, -0.25) is 4.18 Å². The molecule has 0 unspecified atom stereocenters. The Morgan fingerprint density at radius 1 is 0.724 bits per heavy atom. The fourth-order valence-corrected chi connectivity index (χ4v) is 3.15. The van der Waals surface area contributed by atoms with Crippen LogP contribution >= 0.6 is 0 Å². The van der Waals surface area contributed by atoms with Crippen molar-refractivity contribution in [1.29, 1.82) is 0 Å². The summed E-state index contributed by atoms with van der Waals surface area (Å²) in [6.45, 7) is 2.24. The van der Waals surface area contributed by atoms with Crippen LogP contribution in [-0.2, 0) is 24.7 Å². The van der Waals surface area contributed by atoms with Gasteiger partial charge in [-0.1, -0.05) is 82.9 Å². The van der Waals surface area contributed by atoms with Gasteiger partial charge in [0.15, 0.2) is 0 Å². The number of benzene rings is 1. The Balaban J connectivity index is -0.000000484. The van der Waals surface area contributed by atoms with Crippen molar-refractivity contribution in [3.8, 4) is 0 Å². The van der Waals surface area contributed by atoms with E-state index < -0.39 is 20.5 Å². The van der Waals surface area contributed by atoms with Crippen LogP contribution in [0.25, 0.3) is 0 Å². The Kier molecular flexibility index (Phi) is 24.9. The van der Waals surface area contributed by atoms with Gasteiger partial charge in [-0.2, -0.15) is 0 Å². The Morgan fingerprint density at radius 3 is 1.48 bits per heavy atom. The minimum atomic E-state index is -4.48. The topological polar surface area (TPSA) is 124 Å². The molecule has 0 heterocycles. The van der Waals surface area contributed by atoms with Gasteiger partial charge >= 0.3 is 59.1 Å². The third-order valence-electron chi connectivity index (χ3n) is 3.76. The third kappa shape index (κ3) is 25.1. The molecule has 0 atom stereocenters. The molecule has 0 spiro atoms. The van der Waals surface area contributed by atoms with Crippen molar-refractivity contribution in [1.82, 2.24) is 0 Å². The molecule has 0 N–H and O–H groups in total. The summed E-state index contributed by atoms with van der Waals surface area (Å²) in [6.07, 6.45) is 11.7. The molecule has 0 radical (unpaired) electrons.